The number of hydroxylamine groups is 1. The van der Waals surface area contributed by atoms with Gasteiger partial charge in [0.1, 0.15) is 0 Å². The highest BCUT2D eigenvalue weighted by Gasteiger charge is 2.13. The Morgan fingerprint density at radius 1 is 1.40 bits per heavy atom. The van der Waals surface area contributed by atoms with E-state index in [1.807, 2.05) is 20.8 Å². The van der Waals surface area contributed by atoms with Crippen molar-refractivity contribution in [1.82, 2.24) is 10.5 Å². The Labute approximate surface area is 87.4 Å². The van der Waals surface area contributed by atoms with E-state index in [-0.39, 0.29) is 11.5 Å². The molecule has 0 aliphatic carbocycles. The SMILES string of the molecule is CC(C)(C)ONC(=O)c1ccc(=O)[nH]c1. The van der Waals surface area contributed by atoms with Gasteiger partial charge in [-0.15, -0.1) is 0 Å². The fourth-order valence-corrected chi connectivity index (χ4v) is 0.810. The van der Waals surface area contributed by atoms with Crippen LogP contribution in [0.3, 0.4) is 0 Å². The van der Waals surface area contributed by atoms with E-state index in [9.17, 15) is 9.59 Å². The molecule has 0 radical (unpaired) electrons. The van der Waals surface area contributed by atoms with E-state index in [0.29, 0.717) is 5.56 Å². The Bertz CT molecular complexity index is 383. The molecule has 0 atom stereocenters. The molecule has 82 valence electrons. The second-order valence-corrected chi connectivity index (χ2v) is 4.09. The van der Waals surface area contributed by atoms with E-state index in [1.54, 1.807) is 0 Å². The zero-order valence-electron chi connectivity index (χ0n) is 8.96. The van der Waals surface area contributed by atoms with Gasteiger partial charge in [-0.1, -0.05) is 0 Å². The molecule has 2 N–H and O–H groups in total. The monoisotopic (exact) mass is 210 g/mol. The fourth-order valence-electron chi connectivity index (χ4n) is 0.810. The highest BCUT2D eigenvalue weighted by atomic mass is 16.7. The van der Waals surface area contributed by atoms with Crippen molar-refractivity contribution in [2.75, 3.05) is 0 Å². The van der Waals surface area contributed by atoms with Crippen LogP contribution in [-0.2, 0) is 4.84 Å². The molecule has 1 amide bonds. The Morgan fingerprint density at radius 2 is 2.07 bits per heavy atom. The predicted molar refractivity (Wildman–Crippen MR) is 55.4 cm³/mol. The minimum Gasteiger partial charge on any atom is -0.328 e. The minimum absolute atomic E-state index is 0.247. The predicted octanol–water partition coefficient (Wildman–Crippen LogP) is 0.835. The Balaban J connectivity index is 2.62. The number of carbonyl (C=O) groups excluding carboxylic acids is 1. The first-order valence-electron chi connectivity index (χ1n) is 4.55. The number of aromatic amines is 1. The minimum atomic E-state index is -0.447. The van der Waals surface area contributed by atoms with Crippen molar-refractivity contribution in [3.63, 3.8) is 0 Å². The molecule has 0 aliphatic heterocycles. The van der Waals surface area contributed by atoms with E-state index in [2.05, 4.69) is 10.5 Å². The van der Waals surface area contributed by atoms with E-state index in [0.717, 1.165) is 0 Å². The van der Waals surface area contributed by atoms with Crippen molar-refractivity contribution in [3.05, 3.63) is 34.2 Å². The molecule has 1 rings (SSSR count). The fraction of sp³-hybridized carbons (Fsp3) is 0.400. The largest absolute Gasteiger partial charge is 0.328 e. The molecule has 0 saturated carbocycles. The number of amides is 1. The summed E-state index contributed by atoms with van der Waals surface area (Å²) in [5, 5.41) is 0. The molecule has 5 heteroatoms. The maximum atomic E-state index is 11.4. The van der Waals surface area contributed by atoms with Gasteiger partial charge >= 0.3 is 0 Å². The van der Waals surface area contributed by atoms with Gasteiger partial charge in [-0.2, -0.15) is 0 Å². The summed E-state index contributed by atoms with van der Waals surface area (Å²) in [4.78, 5) is 29.7. The molecular formula is C10H14N2O3. The smallest absolute Gasteiger partial charge is 0.276 e. The number of H-pyrrole nitrogens is 1. The average Bonchev–Trinajstić information content (AvgIpc) is 2.14. The first-order valence-corrected chi connectivity index (χ1v) is 4.55. The summed E-state index contributed by atoms with van der Waals surface area (Å²) in [6, 6.07) is 2.71. The second-order valence-electron chi connectivity index (χ2n) is 4.09. The van der Waals surface area contributed by atoms with Crippen molar-refractivity contribution in [2.24, 2.45) is 0 Å². The van der Waals surface area contributed by atoms with E-state index >= 15 is 0 Å². The lowest BCUT2D eigenvalue weighted by Crippen LogP contribution is -2.33. The van der Waals surface area contributed by atoms with Gasteiger partial charge in [-0.05, 0) is 26.8 Å². The van der Waals surface area contributed by atoms with Crippen LogP contribution in [0.2, 0.25) is 0 Å². The third kappa shape index (κ3) is 3.95. The van der Waals surface area contributed by atoms with Crippen LogP contribution in [0.15, 0.2) is 23.1 Å². The molecule has 0 saturated heterocycles. The van der Waals surface area contributed by atoms with Crippen LogP contribution < -0.4 is 11.0 Å². The number of pyridine rings is 1. The van der Waals surface area contributed by atoms with Gasteiger partial charge in [-0.25, -0.2) is 5.48 Å². The van der Waals surface area contributed by atoms with Crippen molar-refractivity contribution in [3.8, 4) is 0 Å². The van der Waals surface area contributed by atoms with Gasteiger partial charge in [0.15, 0.2) is 0 Å². The van der Waals surface area contributed by atoms with Crippen molar-refractivity contribution < 1.29 is 9.63 Å². The number of hydrogen-bond donors (Lipinski definition) is 2. The number of carbonyl (C=O) groups is 1. The molecule has 0 bridgehead atoms. The van der Waals surface area contributed by atoms with Crippen LogP contribution in [0.1, 0.15) is 31.1 Å². The number of hydrogen-bond acceptors (Lipinski definition) is 3. The Kier molecular flexibility index (Phi) is 3.26. The molecule has 0 unspecified atom stereocenters. The summed E-state index contributed by atoms with van der Waals surface area (Å²) in [5.74, 6) is -0.388. The highest BCUT2D eigenvalue weighted by Crippen LogP contribution is 2.04. The third-order valence-electron chi connectivity index (χ3n) is 1.50. The maximum Gasteiger partial charge on any atom is 0.276 e. The topological polar surface area (TPSA) is 71.2 Å². The zero-order valence-corrected chi connectivity index (χ0v) is 8.96. The van der Waals surface area contributed by atoms with Crippen molar-refractivity contribution in [2.45, 2.75) is 26.4 Å². The number of aromatic nitrogens is 1. The first kappa shape index (κ1) is 11.5. The molecule has 0 aromatic carbocycles. The summed E-state index contributed by atoms with van der Waals surface area (Å²) in [6.45, 7) is 5.46. The van der Waals surface area contributed by atoms with Gasteiger partial charge < -0.3 is 4.98 Å². The summed E-state index contributed by atoms with van der Waals surface area (Å²) < 4.78 is 0. The molecule has 5 nitrogen and oxygen atoms in total. The van der Waals surface area contributed by atoms with Crippen molar-refractivity contribution >= 4 is 5.91 Å². The molecule has 0 spiro atoms. The molecule has 1 heterocycles. The quantitative estimate of drug-likeness (QED) is 0.710. The van der Waals surface area contributed by atoms with Gasteiger partial charge in [0.05, 0.1) is 11.2 Å². The Hall–Kier alpha value is -1.62. The lowest BCUT2D eigenvalue weighted by molar-refractivity contribution is -0.0589. The maximum absolute atomic E-state index is 11.4. The molecule has 15 heavy (non-hydrogen) atoms. The average molecular weight is 210 g/mol. The molecule has 1 aromatic heterocycles. The second kappa shape index (κ2) is 4.27. The normalized spacial score (nSPS) is 11.1. The van der Waals surface area contributed by atoms with Crippen LogP contribution in [0.4, 0.5) is 0 Å². The van der Waals surface area contributed by atoms with E-state index in [4.69, 9.17) is 4.84 Å². The molecular weight excluding hydrogens is 196 g/mol. The zero-order chi connectivity index (χ0) is 11.5. The lowest BCUT2D eigenvalue weighted by atomic mass is 10.2. The van der Waals surface area contributed by atoms with E-state index in [1.165, 1.54) is 18.3 Å². The molecule has 1 aromatic rings. The van der Waals surface area contributed by atoms with Crippen LogP contribution in [0, 0.1) is 0 Å². The van der Waals surface area contributed by atoms with Crippen LogP contribution in [-0.4, -0.2) is 16.5 Å². The van der Waals surface area contributed by atoms with Gasteiger partial charge in [0.25, 0.3) is 5.91 Å². The highest BCUT2D eigenvalue weighted by molar-refractivity contribution is 5.93. The standard InChI is InChI=1S/C10H14N2O3/c1-10(2,3)15-12-9(14)7-4-5-8(13)11-6-7/h4-6H,1-3H3,(H,11,13)(H,12,14). The van der Waals surface area contributed by atoms with Crippen LogP contribution in [0.25, 0.3) is 0 Å². The molecule has 0 aliphatic rings. The summed E-state index contributed by atoms with van der Waals surface area (Å²) >= 11 is 0. The molecule has 0 fully saturated rings. The van der Waals surface area contributed by atoms with Gasteiger partial charge in [-0.3, -0.25) is 14.4 Å². The van der Waals surface area contributed by atoms with E-state index < -0.39 is 5.60 Å². The van der Waals surface area contributed by atoms with Crippen LogP contribution >= 0.6 is 0 Å². The van der Waals surface area contributed by atoms with Crippen molar-refractivity contribution in [1.29, 1.82) is 0 Å². The summed E-state index contributed by atoms with van der Waals surface area (Å²) in [5.41, 5.74) is 1.95. The lowest BCUT2D eigenvalue weighted by Gasteiger charge is -2.18. The van der Waals surface area contributed by atoms with Gasteiger partial charge in [0, 0.05) is 12.3 Å². The third-order valence-corrected chi connectivity index (χ3v) is 1.50. The summed E-state index contributed by atoms with van der Waals surface area (Å²) in [6.07, 6.45) is 1.34. The summed E-state index contributed by atoms with van der Waals surface area (Å²) in [7, 11) is 0. The number of nitrogens with one attached hydrogen (secondary N) is 2. The number of rotatable bonds is 2. The van der Waals surface area contributed by atoms with Gasteiger partial charge in [0.2, 0.25) is 5.56 Å². The van der Waals surface area contributed by atoms with Crippen LogP contribution in [0.5, 0.6) is 0 Å². The Morgan fingerprint density at radius 3 is 2.53 bits per heavy atom. The first-order chi connectivity index (χ1) is 6.88.